The largest absolute Gasteiger partial charge is 0.435 e. The molecule has 2 rings (SSSR count). The summed E-state index contributed by atoms with van der Waals surface area (Å²) >= 11 is 3.02. The van der Waals surface area contributed by atoms with Gasteiger partial charge in [0.2, 0.25) is 0 Å². The number of aromatic amines is 1. The quantitative estimate of drug-likeness (QED) is 0.922. The molecule has 0 unspecified atom stereocenters. The van der Waals surface area contributed by atoms with Crippen molar-refractivity contribution in [3.63, 3.8) is 0 Å². The fourth-order valence-electron chi connectivity index (χ4n) is 1.06. The van der Waals surface area contributed by atoms with Gasteiger partial charge in [0, 0.05) is 12.4 Å². The topological polar surface area (TPSA) is 55.0 Å². The Labute approximate surface area is 98.2 Å². The van der Waals surface area contributed by atoms with Gasteiger partial charge in [0.25, 0.3) is 5.88 Å². The highest BCUT2D eigenvalue weighted by molar-refractivity contribution is 9.10. The molecule has 0 aliphatic rings. The standard InChI is InChI=1S/C10H6BrFN2O2/c11-7-5-6(1-2-8(7)12)16-10-9(15)13-3-4-14-10/h1-5H,(H,13,15). The van der Waals surface area contributed by atoms with Crippen molar-refractivity contribution in [2.24, 2.45) is 0 Å². The van der Waals surface area contributed by atoms with Gasteiger partial charge in [-0.2, -0.15) is 0 Å². The van der Waals surface area contributed by atoms with E-state index in [1.54, 1.807) is 0 Å². The van der Waals surface area contributed by atoms with Crippen LogP contribution in [-0.4, -0.2) is 9.97 Å². The molecule has 0 bridgehead atoms. The first-order chi connectivity index (χ1) is 7.66. The molecule has 0 amide bonds. The van der Waals surface area contributed by atoms with Crippen molar-refractivity contribution in [3.8, 4) is 11.6 Å². The number of nitrogens with zero attached hydrogens (tertiary/aromatic N) is 1. The highest BCUT2D eigenvalue weighted by Crippen LogP contribution is 2.23. The minimum absolute atomic E-state index is 0.0824. The third-order valence-electron chi connectivity index (χ3n) is 1.78. The van der Waals surface area contributed by atoms with E-state index in [9.17, 15) is 9.18 Å². The van der Waals surface area contributed by atoms with E-state index in [0.717, 1.165) is 0 Å². The normalized spacial score (nSPS) is 10.1. The van der Waals surface area contributed by atoms with Crippen LogP contribution in [0, 0.1) is 5.82 Å². The zero-order valence-corrected chi connectivity index (χ0v) is 9.49. The average Bonchev–Trinajstić information content (AvgIpc) is 2.27. The van der Waals surface area contributed by atoms with Crippen LogP contribution >= 0.6 is 15.9 Å². The monoisotopic (exact) mass is 284 g/mol. The first kappa shape index (κ1) is 10.8. The van der Waals surface area contributed by atoms with Gasteiger partial charge in [-0.15, -0.1) is 0 Å². The maximum Gasteiger partial charge on any atom is 0.311 e. The van der Waals surface area contributed by atoms with Gasteiger partial charge in [-0.25, -0.2) is 9.37 Å². The molecule has 2 aromatic rings. The molecule has 1 aromatic heterocycles. The van der Waals surface area contributed by atoms with E-state index in [-0.39, 0.29) is 10.4 Å². The molecule has 0 atom stereocenters. The Morgan fingerprint density at radius 3 is 2.94 bits per heavy atom. The minimum Gasteiger partial charge on any atom is -0.435 e. The zero-order valence-electron chi connectivity index (χ0n) is 7.91. The van der Waals surface area contributed by atoms with E-state index >= 15 is 0 Å². The fourth-order valence-corrected chi connectivity index (χ4v) is 1.42. The van der Waals surface area contributed by atoms with Gasteiger partial charge in [0.15, 0.2) is 0 Å². The number of hydrogen-bond acceptors (Lipinski definition) is 3. The molecule has 16 heavy (non-hydrogen) atoms. The van der Waals surface area contributed by atoms with Gasteiger partial charge in [0.05, 0.1) is 4.47 Å². The van der Waals surface area contributed by atoms with Gasteiger partial charge in [0.1, 0.15) is 11.6 Å². The second-order valence-electron chi connectivity index (χ2n) is 2.90. The molecular formula is C10H6BrFN2O2. The number of nitrogens with one attached hydrogen (secondary N) is 1. The second kappa shape index (κ2) is 4.44. The molecule has 0 saturated heterocycles. The maximum absolute atomic E-state index is 12.9. The Morgan fingerprint density at radius 2 is 2.25 bits per heavy atom. The summed E-state index contributed by atoms with van der Waals surface area (Å²) in [5, 5.41) is 0. The predicted molar refractivity (Wildman–Crippen MR) is 59.0 cm³/mol. The average molecular weight is 285 g/mol. The molecule has 0 spiro atoms. The summed E-state index contributed by atoms with van der Waals surface area (Å²) in [6, 6.07) is 4.06. The third-order valence-corrected chi connectivity index (χ3v) is 2.39. The number of halogens is 2. The van der Waals surface area contributed by atoms with Gasteiger partial charge in [-0.05, 0) is 34.1 Å². The van der Waals surface area contributed by atoms with Crippen LogP contribution in [0.3, 0.4) is 0 Å². The molecule has 4 nitrogen and oxygen atoms in total. The maximum atomic E-state index is 12.9. The van der Waals surface area contributed by atoms with Crippen LogP contribution in [0.4, 0.5) is 4.39 Å². The van der Waals surface area contributed by atoms with Gasteiger partial charge in [-0.1, -0.05) is 0 Å². The zero-order chi connectivity index (χ0) is 11.5. The lowest BCUT2D eigenvalue weighted by molar-refractivity contribution is 0.452. The van der Waals surface area contributed by atoms with Crippen LogP contribution in [0.1, 0.15) is 0 Å². The number of benzene rings is 1. The summed E-state index contributed by atoms with van der Waals surface area (Å²) in [6.07, 6.45) is 2.80. The van der Waals surface area contributed by atoms with E-state index in [1.807, 2.05) is 0 Å². The van der Waals surface area contributed by atoms with Crippen molar-refractivity contribution in [1.82, 2.24) is 9.97 Å². The van der Waals surface area contributed by atoms with Crippen LogP contribution in [-0.2, 0) is 0 Å². The molecule has 0 radical (unpaired) electrons. The van der Waals surface area contributed by atoms with E-state index in [0.29, 0.717) is 5.75 Å². The van der Waals surface area contributed by atoms with Crippen LogP contribution in [0.5, 0.6) is 11.6 Å². The molecule has 0 aliphatic carbocycles. The number of hydrogen-bond donors (Lipinski definition) is 1. The Morgan fingerprint density at radius 1 is 1.44 bits per heavy atom. The Bertz CT molecular complexity index is 571. The smallest absolute Gasteiger partial charge is 0.311 e. The van der Waals surface area contributed by atoms with E-state index in [1.165, 1.54) is 30.6 Å². The molecular weight excluding hydrogens is 279 g/mol. The summed E-state index contributed by atoms with van der Waals surface area (Å²) in [5.41, 5.74) is -0.442. The van der Waals surface area contributed by atoms with E-state index in [2.05, 4.69) is 25.9 Å². The van der Waals surface area contributed by atoms with Crippen molar-refractivity contribution in [2.45, 2.75) is 0 Å². The number of H-pyrrole nitrogens is 1. The lowest BCUT2D eigenvalue weighted by Gasteiger charge is -2.03. The molecule has 1 aromatic carbocycles. The van der Waals surface area contributed by atoms with Crippen LogP contribution < -0.4 is 10.3 Å². The van der Waals surface area contributed by atoms with Gasteiger partial charge >= 0.3 is 5.56 Å². The first-order valence-electron chi connectivity index (χ1n) is 4.33. The minimum atomic E-state index is -0.442. The molecule has 0 fully saturated rings. The lowest BCUT2D eigenvalue weighted by Crippen LogP contribution is -2.09. The summed E-state index contributed by atoms with van der Waals surface area (Å²) in [7, 11) is 0. The Hall–Kier alpha value is -1.69. The Kier molecular flexibility index (Phi) is 3.00. The highest BCUT2D eigenvalue weighted by Gasteiger charge is 2.05. The number of aromatic nitrogens is 2. The van der Waals surface area contributed by atoms with Crippen LogP contribution in [0.15, 0.2) is 39.9 Å². The second-order valence-corrected chi connectivity index (χ2v) is 3.76. The first-order valence-corrected chi connectivity index (χ1v) is 5.13. The predicted octanol–water partition coefficient (Wildman–Crippen LogP) is 2.46. The summed E-state index contributed by atoms with van der Waals surface area (Å²) in [4.78, 5) is 17.4. The van der Waals surface area contributed by atoms with Crippen molar-refractivity contribution < 1.29 is 9.13 Å². The van der Waals surface area contributed by atoms with Crippen molar-refractivity contribution in [3.05, 3.63) is 51.2 Å². The lowest BCUT2D eigenvalue weighted by atomic mass is 10.3. The Balaban J connectivity index is 2.31. The molecule has 0 saturated carbocycles. The summed E-state index contributed by atoms with van der Waals surface area (Å²) < 4.78 is 18.4. The number of rotatable bonds is 2. The summed E-state index contributed by atoms with van der Waals surface area (Å²) in [6.45, 7) is 0. The molecule has 1 heterocycles. The number of ether oxygens (including phenoxy) is 1. The highest BCUT2D eigenvalue weighted by atomic mass is 79.9. The van der Waals surface area contributed by atoms with E-state index < -0.39 is 11.4 Å². The van der Waals surface area contributed by atoms with Gasteiger partial charge < -0.3 is 9.72 Å². The SMILES string of the molecule is O=c1[nH]ccnc1Oc1ccc(F)c(Br)c1. The molecule has 1 N–H and O–H groups in total. The van der Waals surface area contributed by atoms with Gasteiger partial charge in [-0.3, -0.25) is 4.79 Å². The molecule has 82 valence electrons. The third kappa shape index (κ3) is 2.27. The summed E-state index contributed by atoms with van der Waals surface area (Å²) in [5.74, 6) is -0.152. The molecule has 0 aliphatic heterocycles. The fraction of sp³-hybridized carbons (Fsp3) is 0. The molecule has 6 heteroatoms. The van der Waals surface area contributed by atoms with Crippen LogP contribution in [0.2, 0.25) is 0 Å². The van der Waals surface area contributed by atoms with E-state index in [4.69, 9.17) is 4.74 Å². The van der Waals surface area contributed by atoms with Crippen molar-refractivity contribution in [2.75, 3.05) is 0 Å². The van der Waals surface area contributed by atoms with Crippen molar-refractivity contribution in [1.29, 1.82) is 0 Å². The van der Waals surface area contributed by atoms with Crippen molar-refractivity contribution >= 4 is 15.9 Å². The van der Waals surface area contributed by atoms with Crippen LogP contribution in [0.25, 0.3) is 0 Å².